The van der Waals surface area contributed by atoms with Crippen molar-refractivity contribution in [1.82, 2.24) is 9.29 Å². The lowest BCUT2D eigenvalue weighted by molar-refractivity contribution is -0.387. The van der Waals surface area contributed by atoms with E-state index in [4.69, 9.17) is 0 Å². The minimum atomic E-state index is -4.35. The van der Waals surface area contributed by atoms with Crippen LogP contribution in [0, 0.1) is 10.1 Å². The Labute approximate surface area is 158 Å². The van der Waals surface area contributed by atoms with Gasteiger partial charge in [0.2, 0.25) is 0 Å². The Bertz CT molecular complexity index is 1320. The number of nitro groups is 1. The summed E-state index contributed by atoms with van der Waals surface area (Å²) in [5.41, 5.74) is -0.0719. The summed E-state index contributed by atoms with van der Waals surface area (Å²) in [7, 11) is -4.35. The average Bonchev–Trinajstić information content (AvgIpc) is 3.21. The van der Waals surface area contributed by atoms with Gasteiger partial charge in [0.1, 0.15) is 0 Å². The SMILES string of the molecule is O=C1C=C(c2cn(S(=O)(=O)c3ccccc3[N+](=O)[O-])c3ccccc23)C(=O)N1. The van der Waals surface area contributed by atoms with E-state index >= 15 is 0 Å². The molecule has 1 aromatic heterocycles. The molecule has 4 rings (SSSR count). The van der Waals surface area contributed by atoms with Gasteiger partial charge in [0.25, 0.3) is 27.5 Å². The van der Waals surface area contributed by atoms with E-state index in [1.54, 1.807) is 18.2 Å². The number of nitrogens with zero attached hydrogens (tertiary/aromatic N) is 2. The fraction of sp³-hybridized carbons (Fsp3) is 0. The Morgan fingerprint density at radius 1 is 1.00 bits per heavy atom. The lowest BCUT2D eigenvalue weighted by Gasteiger charge is -2.07. The molecule has 0 fully saturated rings. The minimum Gasteiger partial charge on any atom is -0.289 e. The van der Waals surface area contributed by atoms with E-state index in [9.17, 15) is 28.1 Å². The smallest absolute Gasteiger partial charge is 0.289 e. The number of nitrogens with one attached hydrogen (secondary N) is 1. The quantitative estimate of drug-likeness (QED) is 0.406. The van der Waals surface area contributed by atoms with E-state index in [0.717, 1.165) is 22.2 Å². The predicted octanol–water partition coefficient (Wildman–Crippen LogP) is 1.83. The van der Waals surface area contributed by atoms with E-state index < -0.39 is 37.3 Å². The maximum Gasteiger partial charge on any atom is 0.289 e. The molecule has 10 heteroatoms. The molecule has 0 saturated heterocycles. The van der Waals surface area contributed by atoms with Crippen molar-refractivity contribution in [3.8, 4) is 0 Å². The number of para-hydroxylation sites is 2. The standard InChI is InChI=1S/C18H11N3O6S/c22-17-9-12(18(23)19-17)13-10-20(14-6-2-1-5-11(13)14)28(26,27)16-8-4-3-7-15(16)21(24)25/h1-10H,(H,19,22,23). The molecule has 0 radical (unpaired) electrons. The van der Waals surface area contributed by atoms with Crippen molar-refractivity contribution >= 4 is 44.0 Å². The van der Waals surface area contributed by atoms with Gasteiger partial charge in [-0.1, -0.05) is 30.3 Å². The van der Waals surface area contributed by atoms with Crippen molar-refractivity contribution in [2.24, 2.45) is 0 Å². The van der Waals surface area contributed by atoms with Crippen LogP contribution in [-0.2, 0) is 19.6 Å². The van der Waals surface area contributed by atoms with Crippen LogP contribution in [0.2, 0.25) is 0 Å². The minimum absolute atomic E-state index is 0.0257. The van der Waals surface area contributed by atoms with Crippen LogP contribution in [-0.4, -0.2) is 29.1 Å². The number of amides is 2. The van der Waals surface area contributed by atoms with Gasteiger partial charge in [0.05, 0.1) is 16.0 Å². The summed E-state index contributed by atoms with van der Waals surface area (Å²) in [5, 5.41) is 13.8. The molecule has 2 amide bonds. The third-order valence-electron chi connectivity index (χ3n) is 4.32. The molecule has 0 saturated carbocycles. The van der Waals surface area contributed by atoms with E-state index in [2.05, 4.69) is 5.32 Å². The van der Waals surface area contributed by atoms with Crippen LogP contribution in [0.15, 0.2) is 65.7 Å². The number of aromatic nitrogens is 1. The van der Waals surface area contributed by atoms with Crippen molar-refractivity contribution in [2.75, 3.05) is 0 Å². The monoisotopic (exact) mass is 397 g/mol. The molecule has 1 N–H and O–H groups in total. The van der Waals surface area contributed by atoms with E-state index in [-0.39, 0.29) is 16.7 Å². The molecule has 2 aromatic carbocycles. The molecule has 2 heterocycles. The third-order valence-corrected chi connectivity index (χ3v) is 6.04. The highest BCUT2D eigenvalue weighted by atomic mass is 32.2. The molecule has 1 aliphatic rings. The van der Waals surface area contributed by atoms with Crippen molar-refractivity contribution in [2.45, 2.75) is 4.90 Å². The lowest BCUT2D eigenvalue weighted by Crippen LogP contribution is -2.21. The summed E-state index contributed by atoms with van der Waals surface area (Å²) < 4.78 is 27.3. The van der Waals surface area contributed by atoms with Gasteiger partial charge in [0, 0.05) is 29.3 Å². The highest BCUT2D eigenvalue weighted by Crippen LogP contribution is 2.33. The van der Waals surface area contributed by atoms with E-state index in [1.165, 1.54) is 24.4 Å². The molecule has 0 atom stereocenters. The lowest BCUT2D eigenvalue weighted by atomic mass is 10.1. The second kappa shape index (κ2) is 6.13. The summed E-state index contributed by atoms with van der Waals surface area (Å²) in [6.45, 7) is 0. The van der Waals surface area contributed by atoms with Crippen molar-refractivity contribution in [3.05, 3.63) is 76.5 Å². The number of hydrogen-bond acceptors (Lipinski definition) is 6. The Morgan fingerprint density at radius 3 is 2.36 bits per heavy atom. The van der Waals surface area contributed by atoms with Crippen molar-refractivity contribution in [1.29, 1.82) is 0 Å². The molecule has 0 aliphatic carbocycles. The Kier molecular flexibility index (Phi) is 3.86. The molecule has 28 heavy (non-hydrogen) atoms. The zero-order valence-corrected chi connectivity index (χ0v) is 14.8. The number of benzene rings is 2. The zero-order valence-electron chi connectivity index (χ0n) is 14.0. The largest absolute Gasteiger partial charge is 0.289 e. The fourth-order valence-corrected chi connectivity index (χ4v) is 4.64. The maximum atomic E-state index is 13.2. The zero-order chi connectivity index (χ0) is 20.1. The Morgan fingerprint density at radius 2 is 1.68 bits per heavy atom. The first-order chi connectivity index (χ1) is 13.3. The predicted molar refractivity (Wildman–Crippen MR) is 98.7 cm³/mol. The first-order valence-electron chi connectivity index (χ1n) is 7.97. The molecule has 0 spiro atoms. The molecular weight excluding hydrogens is 386 g/mol. The Balaban J connectivity index is 2.01. The molecule has 3 aromatic rings. The topological polar surface area (TPSA) is 128 Å². The molecular formula is C18H11N3O6S. The third kappa shape index (κ3) is 2.58. The maximum absolute atomic E-state index is 13.2. The van der Waals surface area contributed by atoms with Crippen LogP contribution in [0.3, 0.4) is 0 Å². The Hall–Kier alpha value is -3.79. The van der Waals surface area contributed by atoms with Crippen LogP contribution in [0.1, 0.15) is 5.56 Å². The van der Waals surface area contributed by atoms with Gasteiger partial charge in [-0.2, -0.15) is 0 Å². The molecule has 0 unspecified atom stereocenters. The number of fused-ring (bicyclic) bond motifs is 1. The molecule has 1 aliphatic heterocycles. The molecule has 140 valence electrons. The van der Waals surface area contributed by atoms with Gasteiger partial charge < -0.3 is 0 Å². The van der Waals surface area contributed by atoms with Gasteiger partial charge in [-0.25, -0.2) is 12.4 Å². The van der Waals surface area contributed by atoms with Gasteiger partial charge in [-0.3, -0.25) is 25.0 Å². The number of carbonyl (C=O) groups is 2. The second-order valence-corrected chi connectivity index (χ2v) is 7.75. The summed E-state index contributed by atoms with van der Waals surface area (Å²) in [6, 6.07) is 11.4. The van der Waals surface area contributed by atoms with Gasteiger partial charge in [-0.15, -0.1) is 0 Å². The van der Waals surface area contributed by atoms with E-state index in [0.29, 0.717) is 5.39 Å². The highest BCUT2D eigenvalue weighted by molar-refractivity contribution is 7.90. The summed E-state index contributed by atoms with van der Waals surface area (Å²) in [5.74, 6) is -1.24. The van der Waals surface area contributed by atoms with Gasteiger partial charge in [-0.05, 0) is 12.1 Å². The number of imide groups is 1. The number of hydrogen-bond donors (Lipinski definition) is 1. The summed E-state index contributed by atoms with van der Waals surface area (Å²) in [6.07, 6.45) is 2.28. The molecule has 9 nitrogen and oxygen atoms in total. The van der Waals surface area contributed by atoms with Crippen LogP contribution in [0.4, 0.5) is 5.69 Å². The normalized spacial score (nSPS) is 14.2. The number of rotatable bonds is 4. The van der Waals surface area contributed by atoms with Crippen LogP contribution in [0.5, 0.6) is 0 Å². The van der Waals surface area contributed by atoms with Gasteiger partial charge >= 0.3 is 0 Å². The second-order valence-electron chi connectivity index (χ2n) is 5.96. The van der Waals surface area contributed by atoms with Crippen LogP contribution >= 0.6 is 0 Å². The van der Waals surface area contributed by atoms with E-state index in [1.807, 2.05) is 0 Å². The number of carbonyl (C=O) groups excluding carboxylic acids is 2. The van der Waals surface area contributed by atoms with Crippen LogP contribution in [0.25, 0.3) is 16.5 Å². The van der Waals surface area contributed by atoms with Gasteiger partial charge in [0.15, 0.2) is 4.90 Å². The fourth-order valence-electron chi connectivity index (χ4n) is 3.11. The first kappa shape index (κ1) is 17.6. The van der Waals surface area contributed by atoms with Crippen molar-refractivity contribution < 1.29 is 22.9 Å². The summed E-state index contributed by atoms with van der Waals surface area (Å²) >= 11 is 0. The first-order valence-corrected chi connectivity index (χ1v) is 9.41. The highest BCUT2D eigenvalue weighted by Gasteiger charge is 2.31. The average molecular weight is 397 g/mol. The molecule has 0 bridgehead atoms. The van der Waals surface area contributed by atoms with Crippen LogP contribution < -0.4 is 5.32 Å². The summed E-state index contributed by atoms with van der Waals surface area (Å²) in [4.78, 5) is 33.6. The number of nitro benzene ring substituents is 1. The van der Waals surface area contributed by atoms with Crippen molar-refractivity contribution in [3.63, 3.8) is 0 Å².